The largest absolute Gasteiger partial charge is 0.396 e. The second kappa shape index (κ2) is 5.67. The highest BCUT2D eigenvalue weighted by Gasteiger charge is 2.29. The Morgan fingerprint density at radius 2 is 1.88 bits per heavy atom. The van der Waals surface area contributed by atoms with Gasteiger partial charge in [0.1, 0.15) is 0 Å². The highest BCUT2D eigenvalue weighted by molar-refractivity contribution is 5.81. The molecule has 3 heteroatoms. The van der Waals surface area contributed by atoms with Gasteiger partial charge < -0.3 is 10.4 Å². The molecule has 0 saturated heterocycles. The van der Waals surface area contributed by atoms with Crippen LogP contribution in [0.25, 0.3) is 0 Å². The molecular weight excluding hydrogens is 202 g/mol. The van der Waals surface area contributed by atoms with Gasteiger partial charge in [-0.3, -0.25) is 4.79 Å². The van der Waals surface area contributed by atoms with Crippen LogP contribution < -0.4 is 5.32 Å². The van der Waals surface area contributed by atoms with E-state index in [4.69, 9.17) is 5.11 Å². The lowest BCUT2D eigenvalue weighted by molar-refractivity contribution is -0.130. The first-order valence-electron chi connectivity index (χ1n) is 6.41. The number of nitrogens with one attached hydrogen (secondary N) is 1. The highest BCUT2D eigenvalue weighted by atomic mass is 16.3. The lowest BCUT2D eigenvalue weighted by Crippen LogP contribution is -2.44. The summed E-state index contributed by atoms with van der Waals surface area (Å²) in [6, 6.07) is 0.320. The zero-order chi connectivity index (χ0) is 12.2. The first-order chi connectivity index (χ1) is 7.49. The molecule has 1 amide bonds. The molecule has 1 rings (SSSR count). The highest BCUT2D eigenvalue weighted by Crippen LogP contribution is 2.26. The number of aliphatic hydroxyl groups is 1. The summed E-state index contributed by atoms with van der Waals surface area (Å²) < 4.78 is 0. The third-order valence-corrected chi connectivity index (χ3v) is 3.94. The Kier molecular flexibility index (Phi) is 4.78. The molecule has 1 aliphatic carbocycles. The van der Waals surface area contributed by atoms with Crippen molar-refractivity contribution in [2.45, 2.75) is 58.9 Å². The second-order valence-corrected chi connectivity index (χ2v) is 5.61. The Hall–Kier alpha value is -0.570. The molecule has 0 aromatic rings. The van der Waals surface area contributed by atoms with Crippen LogP contribution in [0.5, 0.6) is 0 Å². The Morgan fingerprint density at radius 1 is 1.31 bits per heavy atom. The van der Waals surface area contributed by atoms with E-state index in [9.17, 15) is 4.79 Å². The molecule has 3 nitrogen and oxygen atoms in total. The van der Waals surface area contributed by atoms with Crippen LogP contribution in [-0.4, -0.2) is 23.7 Å². The summed E-state index contributed by atoms with van der Waals surface area (Å²) in [6.45, 7) is 6.31. The number of amides is 1. The SMILES string of the molecule is CCC(C)(C)C(=O)NC1CCC(CO)CC1. The minimum atomic E-state index is -0.256. The third kappa shape index (κ3) is 3.48. The number of hydrogen-bond acceptors (Lipinski definition) is 2. The molecule has 0 unspecified atom stereocenters. The maximum absolute atomic E-state index is 12.0. The minimum absolute atomic E-state index is 0.169. The van der Waals surface area contributed by atoms with E-state index in [1.807, 2.05) is 20.8 Å². The summed E-state index contributed by atoms with van der Waals surface area (Å²) in [7, 11) is 0. The molecule has 0 heterocycles. The average molecular weight is 227 g/mol. The molecule has 2 N–H and O–H groups in total. The fourth-order valence-corrected chi connectivity index (χ4v) is 2.03. The van der Waals surface area contributed by atoms with Crippen LogP contribution in [0.4, 0.5) is 0 Å². The third-order valence-electron chi connectivity index (χ3n) is 3.94. The van der Waals surface area contributed by atoms with Crippen molar-refractivity contribution in [2.24, 2.45) is 11.3 Å². The lowest BCUT2D eigenvalue weighted by Gasteiger charge is -2.31. The van der Waals surface area contributed by atoms with Crippen molar-refractivity contribution in [3.8, 4) is 0 Å². The van der Waals surface area contributed by atoms with Crippen LogP contribution in [0.15, 0.2) is 0 Å². The molecule has 0 bridgehead atoms. The van der Waals surface area contributed by atoms with E-state index in [1.165, 1.54) is 0 Å². The molecule has 1 saturated carbocycles. The monoisotopic (exact) mass is 227 g/mol. The Bertz CT molecular complexity index is 230. The molecule has 0 aliphatic heterocycles. The zero-order valence-electron chi connectivity index (χ0n) is 10.8. The van der Waals surface area contributed by atoms with Crippen molar-refractivity contribution < 1.29 is 9.90 Å². The summed E-state index contributed by atoms with van der Waals surface area (Å²) in [6.07, 6.45) is 4.96. The van der Waals surface area contributed by atoms with E-state index in [0.29, 0.717) is 18.6 Å². The molecule has 16 heavy (non-hydrogen) atoms. The second-order valence-electron chi connectivity index (χ2n) is 5.61. The summed E-state index contributed by atoms with van der Waals surface area (Å²) in [5, 5.41) is 12.2. The summed E-state index contributed by atoms with van der Waals surface area (Å²) in [5.74, 6) is 0.620. The predicted molar refractivity (Wildman–Crippen MR) is 65.0 cm³/mol. The topological polar surface area (TPSA) is 49.3 Å². The summed E-state index contributed by atoms with van der Waals surface area (Å²) >= 11 is 0. The average Bonchev–Trinajstić information content (AvgIpc) is 2.30. The van der Waals surface area contributed by atoms with Crippen molar-refractivity contribution in [2.75, 3.05) is 6.61 Å². The van der Waals surface area contributed by atoms with Gasteiger partial charge in [0.15, 0.2) is 0 Å². The van der Waals surface area contributed by atoms with Crippen molar-refractivity contribution >= 4 is 5.91 Å². The fraction of sp³-hybridized carbons (Fsp3) is 0.923. The van der Waals surface area contributed by atoms with Crippen molar-refractivity contribution in [3.63, 3.8) is 0 Å². The van der Waals surface area contributed by atoms with Gasteiger partial charge in [-0.2, -0.15) is 0 Å². The van der Waals surface area contributed by atoms with Crippen molar-refractivity contribution in [3.05, 3.63) is 0 Å². The first kappa shape index (κ1) is 13.5. The van der Waals surface area contributed by atoms with Gasteiger partial charge in [-0.15, -0.1) is 0 Å². The van der Waals surface area contributed by atoms with Crippen molar-refractivity contribution in [1.82, 2.24) is 5.32 Å². The standard InChI is InChI=1S/C13H25NO2/c1-4-13(2,3)12(16)14-11-7-5-10(9-15)6-8-11/h10-11,15H,4-9H2,1-3H3,(H,14,16). The number of aliphatic hydroxyl groups excluding tert-OH is 1. The fourth-order valence-electron chi connectivity index (χ4n) is 2.03. The van der Waals surface area contributed by atoms with Gasteiger partial charge in [-0.25, -0.2) is 0 Å². The van der Waals surface area contributed by atoms with E-state index in [0.717, 1.165) is 32.1 Å². The summed E-state index contributed by atoms with van der Waals surface area (Å²) in [4.78, 5) is 12.0. The van der Waals surface area contributed by atoms with E-state index in [1.54, 1.807) is 0 Å². The molecule has 0 radical (unpaired) electrons. The Morgan fingerprint density at radius 3 is 2.31 bits per heavy atom. The van der Waals surface area contributed by atoms with E-state index in [-0.39, 0.29) is 11.3 Å². The quantitative estimate of drug-likeness (QED) is 0.772. The van der Waals surface area contributed by atoms with E-state index >= 15 is 0 Å². The van der Waals surface area contributed by atoms with Crippen LogP contribution in [0.1, 0.15) is 52.9 Å². The van der Waals surface area contributed by atoms with E-state index in [2.05, 4.69) is 5.32 Å². The molecule has 1 aliphatic rings. The Labute approximate surface area is 98.6 Å². The van der Waals surface area contributed by atoms with E-state index < -0.39 is 0 Å². The van der Waals surface area contributed by atoms with Gasteiger partial charge in [0.05, 0.1) is 0 Å². The Balaban J connectivity index is 2.36. The summed E-state index contributed by atoms with van der Waals surface area (Å²) in [5.41, 5.74) is -0.256. The molecule has 94 valence electrons. The predicted octanol–water partition coefficient (Wildman–Crippen LogP) is 2.09. The first-order valence-corrected chi connectivity index (χ1v) is 6.41. The number of carbonyl (C=O) groups excluding carboxylic acids is 1. The minimum Gasteiger partial charge on any atom is -0.396 e. The van der Waals surface area contributed by atoms with Gasteiger partial charge in [-0.1, -0.05) is 20.8 Å². The van der Waals surface area contributed by atoms with Crippen LogP contribution in [-0.2, 0) is 4.79 Å². The normalized spacial score (nSPS) is 26.5. The number of carbonyl (C=O) groups is 1. The number of hydrogen-bond donors (Lipinski definition) is 2. The van der Waals surface area contributed by atoms with Gasteiger partial charge in [0, 0.05) is 18.1 Å². The molecule has 0 aromatic carbocycles. The molecule has 1 fully saturated rings. The maximum atomic E-state index is 12.0. The van der Waals surface area contributed by atoms with Gasteiger partial charge in [0.2, 0.25) is 5.91 Å². The van der Waals surface area contributed by atoms with Gasteiger partial charge >= 0.3 is 0 Å². The lowest BCUT2D eigenvalue weighted by atomic mass is 9.84. The van der Waals surface area contributed by atoms with Crippen LogP contribution in [0, 0.1) is 11.3 Å². The molecular formula is C13H25NO2. The molecule has 0 atom stereocenters. The molecule has 0 spiro atoms. The van der Waals surface area contributed by atoms with Crippen LogP contribution in [0.3, 0.4) is 0 Å². The van der Waals surface area contributed by atoms with Crippen LogP contribution >= 0.6 is 0 Å². The smallest absolute Gasteiger partial charge is 0.225 e. The van der Waals surface area contributed by atoms with Crippen molar-refractivity contribution in [1.29, 1.82) is 0 Å². The number of rotatable bonds is 4. The van der Waals surface area contributed by atoms with Gasteiger partial charge in [-0.05, 0) is 38.0 Å². The molecule has 0 aromatic heterocycles. The maximum Gasteiger partial charge on any atom is 0.225 e. The zero-order valence-corrected chi connectivity index (χ0v) is 10.8. The van der Waals surface area contributed by atoms with Crippen LogP contribution in [0.2, 0.25) is 0 Å². The van der Waals surface area contributed by atoms with Gasteiger partial charge in [0.25, 0.3) is 0 Å².